The summed E-state index contributed by atoms with van der Waals surface area (Å²) in [5.74, 6) is 0.541. The van der Waals surface area contributed by atoms with Crippen LogP contribution >= 0.6 is 0 Å². The monoisotopic (exact) mass is 455 g/mol. The molecule has 10 heteroatoms. The first kappa shape index (κ1) is 22.2. The van der Waals surface area contributed by atoms with Crippen LogP contribution in [0, 0.1) is 45.4 Å². The van der Waals surface area contributed by atoms with Gasteiger partial charge in [-0.05, 0) is 66.9 Å². The van der Waals surface area contributed by atoms with Gasteiger partial charge in [0.25, 0.3) is 5.69 Å². The van der Waals surface area contributed by atoms with Gasteiger partial charge in [0.15, 0.2) is 0 Å². The highest BCUT2D eigenvalue weighted by Crippen LogP contribution is 2.35. The van der Waals surface area contributed by atoms with Crippen LogP contribution in [0.15, 0.2) is 54.6 Å². The molecule has 0 bridgehead atoms. The van der Waals surface area contributed by atoms with Crippen LogP contribution in [0.5, 0.6) is 11.5 Å². The van der Waals surface area contributed by atoms with Crippen LogP contribution < -0.4 is 4.74 Å². The Morgan fingerprint density at radius 3 is 2.53 bits per heavy atom. The van der Waals surface area contributed by atoms with Crippen molar-refractivity contribution in [3.05, 3.63) is 97.3 Å². The van der Waals surface area contributed by atoms with Gasteiger partial charge < -0.3 is 9.72 Å². The first-order chi connectivity index (χ1) is 16.2. The summed E-state index contributed by atoms with van der Waals surface area (Å²) >= 11 is 0. The molecule has 3 aromatic carbocycles. The van der Waals surface area contributed by atoms with E-state index in [2.05, 4.69) is 16.0 Å². The molecule has 4 aromatic rings. The Bertz CT molecular complexity index is 1490. The van der Waals surface area contributed by atoms with Crippen molar-refractivity contribution in [2.45, 2.75) is 13.8 Å². The largest absolute Gasteiger partial charge is 0.450 e. The Balaban J connectivity index is 1.67. The van der Waals surface area contributed by atoms with Gasteiger partial charge in [0.05, 0.1) is 32.5 Å². The van der Waals surface area contributed by atoms with E-state index in [9.17, 15) is 25.5 Å². The third-order valence-electron chi connectivity index (χ3n) is 5.22. The van der Waals surface area contributed by atoms with Crippen LogP contribution in [-0.4, -0.2) is 19.8 Å². The Morgan fingerprint density at radius 2 is 1.82 bits per heavy atom. The number of aromatic amines is 1. The van der Waals surface area contributed by atoms with E-state index in [1.54, 1.807) is 30.3 Å². The molecule has 0 spiro atoms. The number of fused-ring (bicyclic) bond motifs is 1. The molecule has 0 saturated heterocycles. The van der Waals surface area contributed by atoms with Gasteiger partial charge in [0.1, 0.15) is 17.6 Å². The van der Waals surface area contributed by atoms with E-state index < -0.39 is 21.2 Å². The number of nitrogens with one attached hydrogen (secondary N) is 1. The maximum absolute atomic E-state index is 11.4. The fourth-order valence-corrected chi connectivity index (χ4v) is 3.36. The molecule has 1 N–H and O–H groups in total. The number of imidazole rings is 1. The average molecular weight is 455 g/mol. The van der Waals surface area contributed by atoms with E-state index in [1.165, 1.54) is 6.07 Å². The van der Waals surface area contributed by atoms with Crippen molar-refractivity contribution in [1.82, 2.24) is 9.97 Å². The zero-order valence-electron chi connectivity index (χ0n) is 18.1. The summed E-state index contributed by atoms with van der Waals surface area (Å²) in [7, 11) is 0. The molecule has 1 aromatic heterocycles. The molecule has 0 radical (unpaired) electrons. The molecule has 0 saturated carbocycles. The minimum atomic E-state index is -0.745. The summed E-state index contributed by atoms with van der Waals surface area (Å²) in [5.41, 5.74) is 3.74. The first-order valence-corrected chi connectivity index (χ1v) is 10.0. The van der Waals surface area contributed by atoms with E-state index in [0.29, 0.717) is 17.0 Å². The lowest BCUT2D eigenvalue weighted by Crippen LogP contribution is -1.96. The van der Waals surface area contributed by atoms with Crippen molar-refractivity contribution in [2.75, 3.05) is 0 Å². The maximum atomic E-state index is 11.4. The zero-order chi connectivity index (χ0) is 24.4. The van der Waals surface area contributed by atoms with Crippen molar-refractivity contribution < 1.29 is 14.6 Å². The van der Waals surface area contributed by atoms with E-state index in [0.717, 1.165) is 34.3 Å². The standard InChI is InChI=1S/C24H17N5O5/c1-14-8-20-21(9-15(14)2)27-24(26-20)17(13-25)10-16-4-3-5-19(11-16)34-23-7-6-18(28(30)31)12-22(23)29(32)33/h3-12H,1-2H3,(H,26,27)/b17-10+. The number of nitro groups is 2. The van der Waals surface area contributed by atoms with E-state index >= 15 is 0 Å². The maximum Gasteiger partial charge on any atom is 0.318 e. The van der Waals surface area contributed by atoms with Crippen molar-refractivity contribution in [3.8, 4) is 17.6 Å². The number of aryl methyl sites for hydroxylation is 2. The second-order valence-corrected chi connectivity index (χ2v) is 7.55. The van der Waals surface area contributed by atoms with Crippen LogP contribution in [-0.2, 0) is 0 Å². The quantitative estimate of drug-likeness (QED) is 0.218. The lowest BCUT2D eigenvalue weighted by Gasteiger charge is -2.07. The number of allylic oxidation sites excluding steroid dienone is 1. The number of hydrogen-bond donors (Lipinski definition) is 1. The number of nitrogens with zero attached hydrogens (tertiary/aromatic N) is 4. The highest BCUT2D eigenvalue weighted by molar-refractivity contribution is 5.90. The molecular formula is C24H17N5O5. The second-order valence-electron chi connectivity index (χ2n) is 7.55. The van der Waals surface area contributed by atoms with Crippen molar-refractivity contribution in [3.63, 3.8) is 0 Å². The summed E-state index contributed by atoms with van der Waals surface area (Å²) in [5, 5.41) is 32.0. The lowest BCUT2D eigenvalue weighted by atomic mass is 10.1. The van der Waals surface area contributed by atoms with Gasteiger partial charge in [-0.2, -0.15) is 5.26 Å². The smallest absolute Gasteiger partial charge is 0.318 e. The van der Waals surface area contributed by atoms with E-state index in [4.69, 9.17) is 4.74 Å². The number of non-ortho nitro benzene ring substituents is 1. The Morgan fingerprint density at radius 1 is 1.06 bits per heavy atom. The molecule has 0 aliphatic heterocycles. The normalized spacial score (nSPS) is 11.3. The number of aromatic nitrogens is 2. The predicted octanol–water partition coefficient (Wildman–Crippen LogP) is 5.85. The molecular weight excluding hydrogens is 438 g/mol. The Kier molecular flexibility index (Phi) is 5.76. The molecule has 0 fully saturated rings. The molecule has 0 amide bonds. The number of nitro benzene ring substituents is 2. The average Bonchev–Trinajstić information content (AvgIpc) is 3.20. The van der Waals surface area contributed by atoms with Gasteiger partial charge in [-0.3, -0.25) is 20.2 Å². The lowest BCUT2D eigenvalue weighted by molar-refractivity contribution is -0.394. The van der Waals surface area contributed by atoms with Crippen LogP contribution in [0.3, 0.4) is 0 Å². The molecule has 10 nitrogen and oxygen atoms in total. The molecule has 0 aliphatic rings. The fraction of sp³-hybridized carbons (Fsp3) is 0.0833. The SMILES string of the molecule is Cc1cc2nc(/C(C#N)=C/c3cccc(Oc4ccc([N+](=O)[O-])cc4[N+](=O)[O-])c3)[nH]c2cc1C. The molecule has 34 heavy (non-hydrogen) atoms. The van der Waals surface area contributed by atoms with Crippen molar-refractivity contribution in [1.29, 1.82) is 5.26 Å². The van der Waals surface area contributed by atoms with Gasteiger partial charge in [0, 0.05) is 6.07 Å². The predicted molar refractivity (Wildman–Crippen MR) is 125 cm³/mol. The fourth-order valence-electron chi connectivity index (χ4n) is 3.36. The van der Waals surface area contributed by atoms with Crippen LogP contribution in [0.25, 0.3) is 22.7 Å². The first-order valence-electron chi connectivity index (χ1n) is 10.0. The third-order valence-corrected chi connectivity index (χ3v) is 5.22. The van der Waals surface area contributed by atoms with Gasteiger partial charge >= 0.3 is 5.69 Å². The van der Waals surface area contributed by atoms with Crippen LogP contribution in [0.1, 0.15) is 22.5 Å². The number of benzene rings is 3. The molecule has 1 heterocycles. The van der Waals surface area contributed by atoms with Crippen molar-refractivity contribution in [2.24, 2.45) is 0 Å². The van der Waals surface area contributed by atoms with Gasteiger partial charge in [0.2, 0.25) is 5.75 Å². The molecule has 168 valence electrons. The Labute approximate surface area is 193 Å². The summed E-state index contributed by atoms with van der Waals surface area (Å²) in [4.78, 5) is 28.5. The third kappa shape index (κ3) is 4.44. The number of H-pyrrole nitrogens is 1. The zero-order valence-corrected chi connectivity index (χ0v) is 18.1. The van der Waals surface area contributed by atoms with Gasteiger partial charge in [-0.25, -0.2) is 4.98 Å². The number of ether oxygens (including phenoxy) is 1. The Hall–Kier alpha value is -5.04. The number of nitriles is 1. The number of hydrogen-bond acceptors (Lipinski definition) is 7. The number of rotatable bonds is 6. The van der Waals surface area contributed by atoms with Gasteiger partial charge in [-0.1, -0.05) is 12.1 Å². The minimum absolute atomic E-state index is 0.139. The summed E-state index contributed by atoms with van der Waals surface area (Å²) < 4.78 is 5.64. The molecule has 0 aliphatic carbocycles. The van der Waals surface area contributed by atoms with Crippen LogP contribution in [0.2, 0.25) is 0 Å². The summed E-state index contributed by atoms with van der Waals surface area (Å²) in [6.07, 6.45) is 1.62. The van der Waals surface area contributed by atoms with Crippen molar-refractivity contribution >= 4 is 34.1 Å². The summed E-state index contributed by atoms with van der Waals surface area (Å²) in [6.45, 7) is 3.99. The van der Waals surface area contributed by atoms with Gasteiger partial charge in [-0.15, -0.1) is 0 Å². The summed E-state index contributed by atoms with van der Waals surface area (Å²) in [6, 6.07) is 15.8. The second kappa shape index (κ2) is 8.84. The molecule has 0 unspecified atom stereocenters. The topological polar surface area (TPSA) is 148 Å². The highest BCUT2D eigenvalue weighted by atomic mass is 16.6. The van der Waals surface area contributed by atoms with E-state index in [-0.39, 0.29) is 11.5 Å². The van der Waals surface area contributed by atoms with Crippen LogP contribution in [0.4, 0.5) is 11.4 Å². The molecule has 0 atom stereocenters. The molecule has 4 rings (SSSR count). The minimum Gasteiger partial charge on any atom is -0.450 e. The van der Waals surface area contributed by atoms with E-state index in [1.807, 2.05) is 26.0 Å². The highest BCUT2D eigenvalue weighted by Gasteiger charge is 2.21.